The second-order valence-electron chi connectivity index (χ2n) is 6.24. The Morgan fingerprint density at radius 3 is 2.52 bits per heavy atom. The molecule has 0 aliphatic carbocycles. The molecule has 3 aromatic rings. The van der Waals surface area contributed by atoms with Crippen LogP contribution in [-0.4, -0.2) is 27.2 Å². The van der Waals surface area contributed by atoms with Gasteiger partial charge in [-0.05, 0) is 43.7 Å². The number of hydrogen-bond acceptors (Lipinski definition) is 3. The highest BCUT2D eigenvalue weighted by molar-refractivity contribution is 5.94. The second kappa shape index (κ2) is 8.07. The van der Waals surface area contributed by atoms with Crippen LogP contribution in [-0.2, 0) is 6.42 Å². The van der Waals surface area contributed by atoms with Crippen molar-refractivity contribution in [2.45, 2.75) is 26.8 Å². The molecule has 0 atom stereocenters. The normalized spacial score (nSPS) is 11.0. The zero-order valence-electron chi connectivity index (χ0n) is 15.1. The maximum absolute atomic E-state index is 12.8. The standard InChI is InChI=1S/C20H20F2N4O/c1-13-4-3-5-17(24-13)10-11-23-19(27)16-8-6-15(7-9-16)18-12-26(20(21)22)25-14(18)2/h3-9,12,20H,10-11H2,1-2H3,(H,23,27). The summed E-state index contributed by atoms with van der Waals surface area (Å²) in [6, 6.07) is 12.6. The quantitative estimate of drug-likeness (QED) is 0.715. The van der Waals surface area contributed by atoms with Gasteiger partial charge in [0.1, 0.15) is 0 Å². The van der Waals surface area contributed by atoms with Crippen LogP contribution in [0.25, 0.3) is 11.1 Å². The van der Waals surface area contributed by atoms with E-state index in [1.54, 1.807) is 31.2 Å². The number of hydrogen-bond donors (Lipinski definition) is 1. The first kappa shape index (κ1) is 18.7. The molecule has 0 fully saturated rings. The first-order valence-electron chi connectivity index (χ1n) is 8.59. The summed E-state index contributed by atoms with van der Waals surface area (Å²) in [5.74, 6) is -0.186. The van der Waals surface area contributed by atoms with Crippen molar-refractivity contribution in [1.82, 2.24) is 20.1 Å². The van der Waals surface area contributed by atoms with Crippen molar-refractivity contribution in [2.24, 2.45) is 0 Å². The molecule has 5 nitrogen and oxygen atoms in total. The number of carbonyl (C=O) groups is 1. The summed E-state index contributed by atoms with van der Waals surface area (Å²) in [5.41, 5.74) is 4.25. The summed E-state index contributed by atoms with van der Waals surface area (Å²) >= 11 is 0. The Labute approximate surface area is 156 Å². The number of pyridine rings is 1. The minimum absolute atomic E-state index is 0.186. The maximum atomic E-state index is 12.8. The van der Waals surface area contributed by atoms with Gasteiger partial charge >= 0.3 is 6.55 Å². The van der Waals surface area contributed by atoms with E-state index in [1.807, 2.05) is 25.1 Å². The number of nitrogens with one attached hydrogen (secondary N) is 1. The summed E-state index contributed by atoms with van der Waals surface area (Å²) in [6.45, 7) is 1.41. The van der Waals surface area contributed by atoms with Gasteiger partial charge in [-0.25, -0.2) is 4.68 Å². The third-order valence-electron chi connectivity index (χ3n) is 4.19. The van der Waals surface area contributed by atoms with Gasteiger partial charge in [-0.15, -0.1) is 0 Å². The molecule has 0 saturated carbocycles. The Bertz CT molecular complexity index is 935. The number of alkyl halides is 2. The highest BCUT2D eigenvalue weighted by Gasteiger charge is 2.13. The molecule has 140 valence electrons. The third-order valence-corrected chi connectivity index (χ3v) is 4.19. The number of aromatic nitrogens is 3. The fourth-order valence-electron chi connectivity index (χ4n) is 2.81. The number of carbonyl (C=O) groups excluding carboxylic acids is 1. The lowest BCUT2D eigenvalue weighted by Crippen LogP contribution is -2.25. The fraction of sp³-hybridized carbons (Fsp3) is 0.250. The van der Waals surface area contributed by atoms with Crippen molar-refractivity contribution in [1.29, 1.82) is 0 Å². The number of amides is 1. The molecule has 0 aliphatic rings. The zero-order chi connectivity index (χ0) is 19.4. The van der Waals surface area contributed by atoms with Crippen LogP contribution in [0.1, 0.15) is 34.0 Å². The SMILES string of the molecule is Cc1cccc(CCNC(=O)c2ccc(-c3cn(C(F)F)nc3C)cc2)n1. The zero-order valence-corrected chi connectivity index (χ0v) is 15.1. The second-order valence-corrected chi connectivity index (χ2v) is 6.24. The van der Waals surface area contributed by atoms with E-state index in [4.69, 9.17) is 0 Å². The lowest BCUT2D eigenvalue weighted by atomic mass is 10.0. The Morgan fingerprint density at radius 1 is 1.15 bits per heavy atom. The Morgan fingerprint density at radius 2 is 1.89 bits per heavy atom. The molecule has 0 bridgehead atoms. The van der Waals surface area contributed by atoms with E-state index in [-0.39, 0.29) is 5.91 Å². The van der Waals surface area contributed by atoms with Gasteiger partial charge in [-0.1, -0.05) is 18.2 Å². The van der Waals surface area contributed by atoms with Crippen LogP contribution in [0, 0.1) is 13.8 Å². The van der Waals surface area contributed by atoms with Crippen LogP contribution in [0.15, 0.2) is 48.7 Å². The van der Waals surface area contributed by atoms with Crippen molar-refractivity contribution in [2.75, 3.05) is 6.54 Å². The van der Waals surface area contributed by atoms with Crippen molar-refractivity contribution in [3.8, 4) is 11.1 Å². The van der Waals surface area contributed by atoms with Crippen molar-refractivity contribution in [3.05, 3.63) is 71.3 Å². The molecule has 0 aliphatic heterocycles. The van der Waals surface area contributed by atoms with E-state index in [0.29, 0.717) is 34.5 Å². The van der Waals surface area contributed by atoms with E-state index in [2.05, 4.69) is 15.4 Å². The topological polar surface area (TPSA) is 59.8 Å². The average Bonchev–Trinajstić information content (AvgIpc) is 3.04. The molecule has 1 N–H and O–H groups in total. The Kier molecular flexibility index (Phi) is 5.59. The number of rotatable bonds is 6. The lowest BCUT2D eigenvalue weighted by molar-refractivity contribution is 0.0563. The molecule has 3 rings (SSSR count). The van der Waals surface area contributed by atoms with Gasteiger partial charge in [0.05, 0.1) is 5.69 Å². The predicted octanol–water partition coefficient (Wildman–Crippen LogP) is 3.93. The average molecular weight is 370 g/mol. The molecule has 0 saturated heterocycles. The van der Waals surface area contributed by atoms with E-state index in [0.717, 1.165) is 17.0 Å². The predicted molar refractivity (Wildman–Crippen MR) is 98.7 cm³/mol. The summed E-state index contributed by atoms with van der Waals surface area (Å²) < 4.78 is 26.1. The van der Waals surface area contributed by atoms with Gasteiger partial charge in [-0.3, -0.25) is 9.78 Å². The third kappa shape index (κ3) is 4.55. The largest absolute Gasteiger partial charge is 0.352 e. The van der Waals surface area contributed by atoms with Crippen LogP contribution in [0.4, 0.5) is 8.78 Å². The molecule has 2 aromatic heterocycles. The molecule has 27 heavy (non-hydrogen) atoms. The van der Waals surface area contributed by atoms with Crippen LogP contribution < -0.4 is 5.32 Å². The Hall–Kier alpha value is -3.09. The van der Waals surface area contributed by atoms with E-state index in [9.17, 15) is 13.6 Å². The van der Waals surface area contributed by atoms with Crippen LogP contribution >= 0.6 is 0 Å². The van der Waals surface area contributed by atoms with E-state index in [1.165, 1.54) is 6.20 Å². The van der Waals surface area contributed by atoms with Gasteiger partial charge in [0.25, 0.3) is 5.91 Å². The molecular formula is C20H20F2N4O. The molecule has 0 unspecified atom stereocenters. The van der Waals surface area contributed by atoms with Crippen LogP contribution in [0.3, 0.4) is 0 Å². The van der Waals surface area contributed by atoms with Gasteiger partial charge in [0.2, 0.25) is 0 Å². The number of benzene rings is 1. The monoisotopic (exact) mass is 370 g/mol. The molecule has 0 radical (unpaired) electrons. The van der Waals surface area contributed by atoms with Crippen molar-refractivity contribution < 1.29 is 13.6 Å². The van der Waals surface area contributed by atoms with E-state index < -0.39 is 6.55 Å². The maximum Gasteiger partial charge on any atom is 0.333 e. The highest BCUT2D eigenvalue weighted by atomic mass is 19.3. The molecule has 1 amide bonds. The summed E-state index contributed by atoms with van der Waals surface area (Å²) in [5, 5.41) is 6.66. The molecular weight excluding hydrogens is 350 g/mol. The summed E-state index contributed by atoms with van der Waals surface area (Å²) in [6.07, 6.45) is 1.96. The first-order chi connectivity index (χ1) is 12.9. The van der Waals surface area contributed by atoms with Crippen LogP contribution in [0.2, 0.25) is 0 Å². The minimum atomic E-state index is -2.68. The van der Waals surface area contributed by atoms with Crippen molar-refractivity contribution >= 4 is 5.91 Å². The number of halogens is 2. The van der Waals surface area contributed by atoms with Gasteiger partial charge in [-0.2, -0.15) is 13.9 Å². The summed E-state index contributed by atoms with van der Waals surface area (Å²) in [7, 11) is 0. The fourth-order valence-corrected chi connectivity index (χ4v) is 2.81. The van der Waals surface area contributed by atoms with Gasteiger partial charge in [0.15, 0.2) is 0 Å². The smallest absolute Gasteiger partial charge is 0.333 e. The van der Waals surface area contributed by atoms with Crippen molar-refractivity contribution in [3.63, 3.8) is 0 Å². The lowest BCUT2D eigenvalue weighted by Gasteiger charge is -2.06. The Balaban J connectivity index is 1.62. The van der Waals surface area contributed by atoms with E-state index >= 15 is 0 Å². The summed E-state index contributed by atoms with van der Waals surface area (Å²) in [4.78, 5) is 16.7. The number of nitrogens with zero attached hydrogens (tertiary/aromatic N) is 3. The van der Waals surface area contributed by atoms with Gasteiger partial charge in [0, 0.05) is 41.7 Å². The van der Waals surface area contributed by atoms with Gasteiger partial charge < -0.3 is 5.32 Å². The number of aryl methyl sites for hydroxylation is 2. The molecule has 2 heterocycles. The molecule has 7 heteroatoms. The molecule has 1 aromatic carbocycles. The first-order valence-corrected chi connectivity index (χ1v) is 8.59. The minimum Gasteiger partial charge on any atom is -0.352 e. The highest BCUT2D eigenvalue weighted by Crippen LogP contribution is 2.25. The molecule has 0 spiro atoms. The van der Waals surface area contributed by atoms with Crippen LogP contribution in [0.5, 0.6) is 0 Å².